The lowest BCUT2D eigenvalue weighted by Gasteiger charge is -2.32. The minimum atomic E-state index is -4.86. The molecule has 0 aliphatic carbocycles. The molecule has 1 fully saturated rings. The van der Waals surface area contributed by atoms with E-state index in [-0.39, 0.29) is 24.8 Å². The van der Waals surface area contributed by atoms with Crippen molar-refractivity contribution in [1.82, 2.24) is 14.9 Å². The van der Waals surface area contributed by atoms with Crippen molar-refractivity contribution < 1.29 is 26.7 Å². The van der Waals surface area contributed by atoms with Gasteiger partial charge in [-0.3, -0.25) is 4.79 Å². The molecule has 1 aromatic carbocycles. The topological polar surface area (TPSA) is 58.1 Å². The fourth-order valence-corrected chi connectivity index (χ4v) is 3.09. The van der Waals surface area contributed by atoms with E-state index in [0.29, 0.717) is 30.3 Å². The van der Waals surface area contributed by atoms with Crippen LogP contribution in [0.1, 0.15) is 25.1 Å². The van der Waals surface area contributed by atoms with Gasteiger partial charge >= 0.3 is 12.1 Å². The number of hydrogen-bond acceptors (Lipinski definition) is 4. The second kappa shape index (κ2) is 7.61. The first-order valence-corrected chi connectivity index (χ1v) is 8.40. The molecule has 1 amide bonds. The summed E-state index contributed by atoms with van der Waals surface area (Å²) in [5.74, 6) is -2.13. The number of anilines is 1. The fourth-order valence-electron chi connectivity index (χ4n) is 3.09. The van der Waals surface area contributed by atoms with Gasteiger partial charge in [-0.05, 0) is 30.9 Å². The van der Waals surface area contributed by atoms with Crippen LogP contribution in [0.25, 0.3) is 10.9 Å². The minimum absolute atomic E-state index is 0.00557. The molecule has 0 unspecified atom stereocenters. The van der Waals surface area contributed by atoms with Gasteiger partial charge in [-0.25, -0.2) is 18.7 Å². The van der Waals surface area contributed by atoms with E-state index in [4.69, 9.17) is 0 Å². The fraction of sp³-hybridized carbons (Fsp3) is 0.471. The van der Waals surface area contributed by atoms with Crippen molar-refractivity contribution in [3.63, 3.8) is 0 Å². The molecule has 1 saturated heterocycles. The maximum absolute atomic E-state index is 13.0. The lowest BCUT2D eigenvalue weighted by atomic mass is 9.96. The highest BCUT2D eigenvalue weighted by Crippen LogP contribution is 2.27. The largest absolute Gasteiger partial charge is 0.471 e. The lowest BCUT2D eigenvalue weighted by Crippen LogP contribution is -2.46. The van der Waals surface area contributed by atoms with Crippen LogP contribution in [0.3, 0.4) is 0 Å². The van der Waals surface area contributed by atoms with E-state index in [0.717, 1.165) is 4.90 Å². The summed E-state index contributed by atoms with van der Waals surface area (Å²) in [6, 6.07) is 6.73. The average molecular weight is 388 g/mol. The third kappa shape index (κ3) is 4.42. The Hall–Kier alpha value is -2.52. The van der Waals surface area contributed by atoms with Crippen LogP contribution in [0.4, 0.5) is 27.8 Å². The number of benzene rings is 1. The summed E-state index contributed by atoms with van der Waals surface area (Å²) in [5, 5.41) is 3.61. The average Bonchev–Trinajstić information content (AvgIpc) is 2.65. The monoisotopic (exact) mass is 388 g/mol. The van der Waals surface area contributed by atoms with Crippen LogP contribution in [-0.2, 0) is 4.79 Å². The number of aromatic nitrogens is 2. The molecule has 3 rings (SSSR count). The molecule has 10 heteroatoms. The van der Waals surface area contributed by atoms with E-state index < -0.39 is 24.3 Å². The van der Waals surface area contributed by atoms with Crippen LogP contribution in [0.2, 0.25) is 0 Å². The van der Waals surface area contributed by atoms with E-state index in [1.54, 1.807) is 24.3 Å². The molecule has 27 heavy (non-hydrogen) atoms. The van der Waals surface area contributed by atoms with Crippen LogP contribution in [0.15, 0.2) is 24.3 Å². The predicted molar refractivity (Wildman–Crippen MR) is 88.3 cm³/mol. The van der Waals surface area contributed by atoms with E-state index in [1.807, 2.05) is 0 Å². The number of alkyl halides is 5. The molecule has 1 aliphatic heterocycles. The number of piperidine rings is 1. The summed E-state index contributed by atoms with van der Waals surface area (Å²) in [5.41, 5.74) is 0.385. The number of halogens is 5. The maximum Gasteiger partial charge on any atom is 0.471 e. The van der Waals surface area contributed by atoms with Crippen molar-refractivity contribution in [2.75, 3.05) is 25.0 Å². The van der Waals surface area contributed by atoms with Gasteiger partial charge in [-0.15, -0.1) is 0 Å². The highest BCUT2D eigenvalue weighted by atomic mass is 19.4. The molecule has 2 heterocycles. The molecule has 0 spiro atoms. The van der Waals surface area contributed by atoms with Crippen molar-refractivity contribution >= 4 is 22.6 Å². The van der Waals surface area contributed by atoms with Crippen LogP contribution in [-0.4, -0.2) is 46.6 Å². The Kier molecular flexibility index (Phi) is 5.43. The van der Waals surface area contributed by atoms with Crippen molar-refractivity contribution in [1.29, 1.82) is 0 Å². The van der Waals surface area contributed by atoms with E-state index >= 15 is 0 Å². The van der Waals surface area contributed by atoms with Crippen molar-refractivity contribution in [2.24, 2.45) is 5.92 Å². The number of nitrogens with zero attached hydrogens (tertiary/aromatic N) is 3. The van der Waals surface area contributed by atoms with Gasteiger partial charge in [0, 0.05) is 25.0 Å². The zero-order valence-corrected chi connectivity index (χ0v) is 14.1. The molecule has 1 aliphatic rings. The zero-order valence-electron chi connectivity index (χ0n) is 14.1. The molecule has 0 atom stereocenters. The molecule has 0 bridgehead atoms. The summed E-state index contributed by atoms with van der Waals surface area (Å²) in [6.07, 6.45) is -6.90. The molecular formula is C17H17F5N4O. The summed E-state index contributed by atoms with van der Waals surface area (Å²) < 4.78 is 63.4. The highest BCUT2D eigenvalue weighted by molar-refractivity contribution is 5.89. The Morgan fingerprint density at radius 1 is 1.19 bits per heavy atom. The van der Waals surface area contributed by atoms with E-state index in [1.165, 1.54) is 0 Å². The van der Waals surface area contributed by atoms with Crippen LogP contribution >= 0.6 is 0 Å². The van der Waals surface area contributed by atoms with Gasteiger partial charge in [0.05, 0.1) is 5.52 Å². The third-order valence-corrected chi connectivity index (χ3v) is 4.52. The number of hydrogen-bond donors (Lipinski definition) is 1. The van der Waals surface area contributed by atoms with Gasteiger partial charge < -0.3 is 10.2 Å². The number of likely N-dealkylation sites (tertiary alicyclic amines) is 1. The quantitative estimate of drug-likeness (QED) is 0.810. The third-order valence-electron chi connectivity index (χ3n) is 4.52. The number of fused-ring (bicyclic) bond motifs is 1. The number of amides is 1. The van der Waals surface area contributed by atoms with Gasteiger partial charge in [-0.1, -0.05) is 12.1 Å². The molecule has 0 saturated carbocycles. The van der Waals surface area contributed by atoms with Crippen LogP contribution in [0.5, 0.6) is 0 Å². The summed E-state index contributed by atoms with van der Waals surface area (Å²) in [6.45, 7) is 0.382. The summed E-state index contributed by atoms with van der Waals surface area (Å²) in [7, 11) is 0. The van der Waals surface area contributed by atoms with Crippen molar-refractivity contribution in [2.45, 2.75) is 25.4 Å². The zero-order chi connectivity index (χ0) is 19.6. The molecule has 146 valence electrons. The first-order chi connectivity index (χ1) is 12.8. The number of para-hydroxylation sites is 1. The summed E-state index contributed by atoms with van der Waals surface area (Å²) in [4.78, 5) is 19.8. The van der Waals surface area contributed by atoms with E-state index in [9.17, 15) is 26.7 Å². The predicted octanol–water partition coefficient (Wildman–Crippen LogP) is 3.78. The first-order valence-electron chi connectivity index (χ1n) is 8.40. The Bertz CT molecular complexity index is 819. The highest BCUT2D eigenvalue weighted by Gasteiger charge is 2.43. The molecule has 1 aromatic heterocycles. The normalized spacial score (nSPS) is 16.1. The Labute approximate surface area is 151 Å². The first kappa shape index (κ1) is 19.2. The summed E-state index contributed by atoms with van der Waals surface area (Å²) >= 11 is 0. The molecule has 1 N–H and O–H groups in total. The van der Waals surface area contributed by atoms with Gasteiger partial charge in [0.15, 0.2) is 5.82 Å². The Morgan fingerprint density at radius 2 is 1.85 bits per heavy atom. The SMILES string of the molecule is O=C(N1CCC(CNc2nc(C(F)F)nc3ccccc23)CC1)C(F)(F)F. The molecule has 5 nitrogen and oxygen atoms in total. The Balaban J connectivity index is 1.65. The van der Waals surface area contributed by atoms with Crippen LogP contribution < -0.4 is 5.32 Å². The standard InChI is InChI=1S/C17H17F5N4O/c18-13(19)15-24-12-4-2-1-3-11(12)14(25-15)23-9-10-5-7-26(8-6-10)16(27)17(20,21)22/h1-4,10,13H,5-9H2,(H,23,24,25). The van der Waals surface area contributed by atoms with E-state index in [2.05, 4.69) is 15.3 Å². The smallest absolute Gasteiger partial charge is 0.369 e. The molecular weight excluding hydrogens is 371 g/mol. The number of rotatable bonds is 4. The second-order valence-corrected chi connectivity index (χ2v) is 6.36. The second-order valence-electron chi connectivity index (χ2n) is 6.36. The van der Waals surface area contributed by atoms with Crippen molar-refractivity contribution in [3.05, 3.63) is 30.1 Å². The van der Waals surface area contributed by atoms with Gasteiger partial charge in [0.2, 0.25) is 0 Å². The van der Waals surface area contributed by atoms with Gasteiger partial charge in [0.1, 0.15) is 5.82 Å². The maximum atomic E-state index is 13.0. The van der Waals surface area contributed by atoms with Crippen LogP contribution in [0, 0.1) is 5.92 Å². The van der Waals surface area contributed by atoms with Gasteiger partial charge in [0.25, 0.3) is 6.43 Å². The Morgan fingerprint density at radius 3 is 2.48 bits per heavy atom. The number of nitrogens with one attached hydrogen (secondary N) is 1. The van der Waals surface area contributed by atoms with Gasteiger partial charge in [-0.2, -0.15) is 13.2 Å². The number of carbonyl (C=O) groups is 1. The van der Waals surface area contributed by atoms with Crippen molar-refractivity contribution in [3.8, 4) is 0 Å². The molecule has 2 aromatic rings. The number of carbonyl (C=O) groups excluding carboxylic acids is 1. The lowest BCUT2D eigenvalue weighted by molar-refractivity contribution is -0.186. The molecule has 0 radical (unpaired) electrons. The minimum Gasteiger partial charge on any atom is -0.369 e.